The summed E-state index contributed by atoms with van der Waals surface area (Å²) in [6.07, 6.45) is 3.17. The average molecular weight is 374 g/mol. The molecule has 0 bridgehead atoms. The molecule has 0 saturated carbocycles. The first kappa shape index (κ1) is 18.2. The van der Waals surface area contributed by atoms with Gasteiger partial charge >= 0.3 is 0 Å². The van der Waals surface area contributed by atoms with Crippen LogP contribution in [0.3, 0.4) is 0 Å². The second-order valence-electron chi connectivity index (χ2n) is 5.63. The fourth-order valence-electron chi connectivity index (χ4n) is 2.25. The molecule has 2 rings (SSSR count). The van der Waals surface area contributed by atoms with E-state index in [-0.39, 0.29) is 18.3 Å². The predicted molar refractivity (Wildman–Crippen MR) is 93.0 cm³/mol. The number of carbonyl (C=O) groups is 1. The molecule has 1 aromatic carbocycles. The molecular weight excluding hydrogens is 352 g/mol. The molecule has 1 aromatic rings. The van der Waals surface area contributed by atoms with Gasteiger partial charge in [0.1, 0.15) is 0 Å². The van der Waals surface area contributed by atoms with Gasteiger partial charge in [-0.1, -0.05) is 39.7 Å². The Balaban J connectivity index is 0.00000220. The third-order valence-electron chi connectivity index (χ3n) is 3.75. The van der Waals surface area contributed by atoms with Gasteiger partial charge in [-0.3, -0.25) is 4.79 Å². The maximum Gasteiger partial charge on any atom is 0.230 e. The minimum Gasteiger partial charge on any atom is -0.352 e. The molecule has 3 nitrogen and oxygen atoms in total. The monoisotopic (exact) mass is 372 g/mol. The van der Waals surface area contributed by atoms with E-state index in [0.717, 1.165) is 29.5 Å². The van der Waals surface area contributed by atoms with E-state index < -0.39 is 5.41 Å². The van der Waals surface area contributed by atoms with Gasteiger partial charge in [0.15, 0.2) is 0 Å². The van der Waals surface area contributed by atoms with Crippen LogP contribution in [0.5, 0.6) is 0 Å². The summed E-state index contributed by atoms with van der Waals surface area (Å²) in [5.41, 5.74) is 1.79. The first-order valence-corrected chi connectivity index (χ1v) is 7.72. The van der Waals surface area contributed by atoms with Gasteiger partial charge in [0.05, 0.1) is 5.41 Å². The largest absolute Gasteiger partial charge is 0.352 e. The Bertz CT molecular complexity index is 529. The Hall–Kier alpha value is -0.840. The minimum atomic E-state index is -0.530. The second kappa shape index (κ2) is 7.97. The lowest BCUT2D eigenvalue weighted by Gasteiger charge is -2.25. The molecule has 0 aliphatic carbocycles. The van der Waals surface area contributed by atoms with E-state index in [1.54, 1.807) is 0 Å². The number of halogens is 2. The van der Waals surface area contributed by atoms with Crippen LogP contribution < -0.4 is 10.6 Å². The van der Waals surface area contributed by atoms with Crippen LogP contribution in [-0.2, 0) is 10.2 Å². The summed E-state index contributed by atoms with van der Waals surface area (Å²) < 4.78 is 0.997. The van der Waals surface area contributed by atoms with Crippen LogP contribution in [0.15, 0.2) is 40.4 Å². The Morgan fingerprint density at radius 1 is 1.43 bits per heavy atom. The Morgan fingerprint density at radius 2 is 2.19 bits per heavy atom. The fourth-order valence-corrected chi connectivity index (χ4v) is 2.65. The molecule has 116 valence electrons. The van der Waals surface area contributed by atoms with Gasteiger partial charge in [-0.2, -0.15) is 0 Å². The van der Waals surface area contributed by atoms with Gasteiger partial charge in [0.25, 0.3) is 0 Å². The Labute approximate surface area is 141 Å². The molecule has 0 aromatic heterocycles. The molecule has 1 heterocycles. The van der Waals surface area contributed by atoms with Crippen LogP contribution in [0.4, 0.5) is 0 Å². The molecule has 0 spiro atoms. The molecule has 21 heavy (non-hydrogen) atoms. The van der Waals surface area contributed by atoms with E-state index in [1.165, 1.54) is 5.57 Å². The molecular formula is C16H22BrClN2O. The minimum absolute atomic E-state index is 0. The summed E-state index contributed by atoms with van der Waals surface area (Å²) in [6, 6.07) is 7.93. The van der Waals surface area contributed by atoms with Crippen molar-refractivity contribution in [3.63, 3.8) is 0 Å². The van der Waals surface area contributed by atoms with E-state index in [1.807, 2.05) is 38.1 Å². The van der Waals surface area contributed by atoms with Gasteiger partial charge in [-0.05, 0) is 44.5 Å². The van der Waals surface area contributed by atoms with Crippen LogP contribution in [-0.4, -0.2) is 25.5 Å². The molecule has 1 amide bonds. The van der Waals surface area contributed by atoms with Gasteiger partial charge in [-0.15, -0.1) is 12.4 Å². The number of carbonyl (C=O) groups excluding carboxylic acids is 1. The van der Waals surface area contributed by atoms with Crippen molar-refractivity contribution < 1.29 is 4.79 Å². The first-order chi connectivity index (χ1) is 9.50. The van der Waals surface area contributed by atoms with Crippen molar-refractivity contribution in [3.8, 4) is 0 Å². The SMILES string of the molecule is CC(C)(C(=O)NCC1=CCNCC1)c1cccc(Br)c1.Cl. The summed E-state index contributed by atoms with van der Waals surface area (Å²) in [6.45, 7) is 6.47. The van der Waals surface area contributed by atoms with Crippen molar-refractivity contribution in [1.82, 2.24) is 10.6 Å². The predicted octanol–water partition coefficient (Wildman–Crippen LogP) is 3.18. The maximum absolute atomic E-state index is 12.4. The van der Waals surface area contributed by atoms with E-state index in [2.05, 4.69) is 32.6 Å². The summed E-state index contributed by atoms with van der Waals surface area (Å²) in [7, 11) is 0. The smallest absolute Gasteiger partial charge is 0.230 e. The lowest BCUT2D eigenvalue weighted by atomic mass is 9.83. The molecule has 1 aliphatic heterocycles. The number of hydrogen-bond acceptors (Lipinski definition) is 2. The quantitative estimate of drug-likeness (QED) is 0.796. The van der Waals surface area contributed by atoms with Crippen molar-refractivity contribution in [1.29, 1.82) is 0 Å². The Morgan fingerprint density at radius 3 is 2.81 bits per heavy atom. The van der Waals surface area contributed by atoms with Gasteiger partial charge < -0.3 is 10.6 Å². The number of benzene rings is 1. The molecule has 0 saturated heterocycles. The van der Waals surface area contributed by atoms with Crippen molar-refractivity contribution in [2.45, 2.75) is 25.7 Å². The van der Waals surface area contributed by atoms with E-state index >= 15 is 0 Å². The van der Waals surface area contributed by atoms with E-state index in [9.17, 15) is 4.79 Å². The summed E-state index contributed by atoms with van der Waals surface area (Å²) in [5.74, 6) is 0.0648. The zero-order valence-electron chi connectivity index (χ0n) is 12.4. The normalized spacial score (nSPS) is 14.9. The number of amides is 1. The molecule has 2 N–H and O–H groups in total. The van der Waals surface area contributed by atoms with E-state index in [0.29, 0.717) is 6.54 Å². The highest BCUT2D eigenvalue weighted by Crippen LogP contribution is 2.26. The maximum atomic E-state index is 12.4. The highest BCUT2D eigenvalue weighted by atomic mass is 79.9. The fraction of sp³-hybridized carbons (Fsp3) is 0.438. The molecule has 0 fully saturated rings. The van der Waals surface area contributed by atoms with Crippen LogP contribution in [0.25, 0.3) is 0 Å². The standard InChI is InChI=1S/C16H21BrN2O.ClH/c1-16(2,13-4-3-5-14(17)10-13)15(20)19-11-12-6-8-18-9-7-12;/h3-6,10,18H,7-9,11H2,1-2H3,(H,19,20);1H. The summed E-state index contributed by atoms with van der Waals surface area (Å²) >= 11 is 3.46. The topological polar surface area (TPSA) is 41.1 Å². The van der Waals surface area contributed by atoms with Crippen LogP contribution >= 0.6 is 28.3 Å². The van der Waals surface area contributed by atoms with Crippen molar-refractivity contribution in [2.75, 3.05) is 19.6 Å². The third kappa shape index (κ3) is 4.83. The van der Waals surface area contributed by atoms with Crippen molar-refractivity contribution in [2.24, 2.45) is 0 Å². The molecule has 5 heteroatoms. The first-order valence-electron chi connectivity index (χ1n) is 6.93. The molecule has 0 atom stereocenters. The van der Waals surface area contributed by atoms with Crippen LogP contribution in [0.1, 0.15) is 25.8 Å². The average Bonchev–Trinajstić information content (AvgIpc) is 2.45. The molecule has 0 radical (unpaired) electrons. The second-order valence-corrected chi connectivity index (χ2v) is 6.55. The van der Waals surface area contributed by atoms with Gasteiger partial charge in [-0.25, -0.2) is 0 Å². The third-order valence-corrected chi connectivity index (χ3v) is 4.24. The number of nitrogens with one attached hydrogen (secondary N) is 2. The zero-order chi connectivity index (χ0) is 14.6. The van der Waals surface area contributed by atoms with Crippen molar-refractivity contribution in [3.05, 3.63) is 46.0 Å². The van der Waals surface area contributed by atoms with Crippen LogP contribution in [0.2, 0.25) is 0 Å². The number of rotatable bonds is 4. The molecule has 1 aliphatic rings. The lowest BCUT2D eigenvalue weighted by Crippen LogP contribution is -2.41. The zero-order valence-corrected chi connectivity index (χ0v) is 14.8. The highest BCUT2D eigenvalue weighted by Gasteiger charge is 2.29. The Kier molecular flexibility index (Phi) is 6.91. The number of hydrogen-bond donors (Lipinski definition) is 2. The highest BCUT2D eigenvalue weighted by molar-refractivity contribution is 9.10. The van der Waals surface area contributed by atoms with Crippen molar-refractivity contribution >= 4 is 34.2 Å². The van der Waals surface area contributed by atoms with Gasteiger partial charge in [0.2, 0.25) is 5.91 Å². The molecule has 0 unspecified atom stereocenters. The van der Waals surface area contributed by atoms with E-state index in [4.69, 9.17) is 0 Å². The van der Waals surface area contributed by atoms with Crippen LogP contribution in [0, 0.1) is 0 Å². The lowest BCUT2D eigenvalue weighted by molar-refractivity contribution is -0.125. The summed E-state index contributed by atoms with van der Waals surface area (Å²) in [5, 5.41) is 6.33. The summed E-state index contributed by atoms with van der Waals surface area (Å²) in [4.78, 5) is 12.4. The van der Waals surface area contributed by atoms with Gasteiger partial charge in [0, 0.05) is 17.6 Å².